The number of carbonyl (C=O) groups is 2. The van der Waals surface area contributed by atoms with Crippen LogP contribution in [0.2, 0.25) is 0 Å². The average Bonchev–Trinajstić information content (AvgIpc) is 2.23. The van der Waals surface area contributed by atoms with E-state index < -0.39 is 30.5 Å². The molecular weight excluding hydrogens is 277 g/mol. The standard InChI is InChI=1S/C10H14F5NO3/c1-6(2)5-19-7(17)4-16(3)8(18)9(11,12)10(13,14)15/h6H,4-5H2,1-3H3. The van der Waals surface area contributed by atoms with Crippen molar-refractivity contribution in [1.29, 1.82) is 0 Å². The molecule has 0 spiro atoms. The van der Waals surface area contributed by atoms with Gasteiger partial charge < -0.3 is 9.64 Å². The Labute approximate surface area is 106 Å². The number of likely N-dealkylation sites (N-methyl/N-ethyl adjacent to an activating group) is 1. The highest BCUT2D eigenvalue weighted by atomic mass is 19.4. The second-order valence-corrected chi connectivity index (χ2v) is 4.31. The van der Waals surface area contributed by atoms with Gasteiger partial charge in [-0.25, -0.2) is 0 Å². The maximum Gasteiger partial charge on any atom is 0.463 e. The van der Waals surface area contributed by atoms with Crippen LogP contribution in [0.3, 0.4) is 0 Å². The van der Waals surface area contributed by atoms with Gasteiger partial charge in [-0.3, -0.25) is 9.59 Å². The summed E-state index contributed by atoms with van der Waals surface area (Å²) in [6, 6.07) is 0. The summed E-state index contributed by atoms with van der Waals surface area (Å²) in [6.07, 6.45) is -6.00. The van der Waals surface area contributed by atoms with Crippen LogP contribution in [0.15, 0.2) is 0 Å². The molecule has 1 amide bonds. The van der Waals surface area contributed by atoms with Crippen LogP contribution < -0.4 is 0 Å². The van der Waals surface area contributed by atoms with Crippen molar-refractivity contribution in [1.82, 2.24) is 4.90 Å². The molecule has 0 atom stereocenters. The lowest BCUT2D eigenvalue weighted by atomic mass is 10.2. The van der Waals surface area contributed by atoms with E-state index >= 15 is 0 Å². The summed E-state index contributed by atoms with van der Waals surface area (Å²) in [7, 11) is 0.665. The van der Waals surface area contributed by atoms with Gasteiger partial charge in [0.1, 0.15) is 6.54 Å². The summed E-state index contributed by atoms with van der Waals surface area (Å²) in [5.41, 5.74) is 0. The average molecular weight is 291 g/mol. The fourth-order valence-corrected chi connectivity index (χ4v) is 0.932. The molecule has 112 valence electrons. The van der Waals surface area contributed by atoms with E-state index in [0.29, 0.717) is 7.05 Å². The van der Waals surface area contributed by atoms with E-state index in [9.17, 15) is 31.5 Å². The van der Waals surface area contributed by atoms with Crippen molar-refractivity contribution in [3.8, 4) is 0 Å². The van der Waals surface area contributed by atoms with Gasteiger partial charge in [0, 0.05) is 7.05 Å². The van der Waals surface area contributed by atoms with Crippen molar-refractivity contribution in [2.45, 2.75) is 25.9 Å². The number of rotatable bonds is 5. The molecule has 0 aromatic heterocycles. The Balaban J connectivity index is 4.55. The predicted octanol–water partition coefficient (Wildman–Crippen LogP) is 1.84. The van der Waals surface area contributed by atoms with Gasteiger partial charge in [0.25, 0.3) is 0 Å². The number of carbonyl (C=O) groups excluding carboxylic acids is 2. The third-order valence-corrected chi connectivity index (χ3v) is 1.92. The summed E-state index contributed by atoms with van der Waals surface area (Å²) in [4.78, 5) is 22.0. The number of ether oxygens (including phenoxy) is 1. The van der Waals surface area contributed by atoms with E-state index in [1.807, 2.05) is 0 Å². The summed E-state index contributed by atoms with van der Waals surface area (Å²) < 4.78 is 65.7. The first kappa shape index (κ1) is 17.6. The Bertz CT molecular complexity index is 341. The molecule has 19 heavy (non-hydrogen) atoms. The smallest absolute Gasteiger partial charge is 0.463 e. The van der Waals surface area contributed by atoms with Gasteiger partial charge in [-0.2, -0.15) is 22.0 Å². The molecule has 4 nitrogen and oxygen atoms in total. The quantitative estimate of drug-likeness (QED) is 0.573. The molecule has 9 heteroatoms. The van der Waals surface area contributed by atoms with Crippen LogP contribution in [0, 0.1) is 5.92 Å². The number of nitrogens with zero attached hydrogens (tertiary/aromatic N) is 1. The zero-order valence-corrected chi connectivity index (χ0v) is 10.6. The monoisotopic (exact) mass is 291 g/mol. The number of esters is 1. The van der Waals surface area contributed by atoms with Crippen LogP contribution in [0.5, 0.6) is 0 Å². The zero-order chi connectivity index (χ0) is 15.4. The van der Waals surface area contributed by atoms with Crippen molar-refractivity contribution in [2.24, 2.45) is 5.92 Å². The van der Waals surface area contributed by atoms with Crippen LogP contribution in [0.1, 0.15) is 13.8 Å². The number of hydrogen-bond acceptors (Lipinski definition) is 3. The molecule has 0 aliphatic rings. The van der Waals surface area contributed by atoms with Gasteiger partial charge in [-0.1, -0.05) is 13.8 Å². The molecule has 0 aromatic rings. The van der Waals surface area contributed by atoms with Gasteiger partial charge in [0.15, 0.2) is 0 Å². The Morgan fingerprint density at radius 1 is 1.16 bits per heavy atom. The van der Waals surface area contributed by atoms with Crippen LogP contribution in [-0.4, -0.2) is 49.1 Å². The lowest BCUT2D eigenvalue weighted by Crippen LogP contribution is -2.52. The molecule has 0 aliphatic heterocycles. The highest BCUT2D eigenvalue weighted by Gasteiger charge is 2.64. The molecule has 0 fully saturated rings. The Morgan fingerprint density at radius 3 is 2.00 bits per heavy atom. The van der Waals surface area contributed by atoms with E-state index in [1.54, 1.807) is 13.8 Å². The Morgan fingerprint density at radius 2 is 1.63 bits per heavy atom. The van der Waals surface area contributed by atoms with Crippen LogP contribution >= 0.6 is 0 Å². The maximum atomic E-state index is 12.7. The minimum absolute atomic E-state index is 0.0173. The van der Waals surface area contributed by atoms with Gasteiger partial charge in [-0.05, 0) is 5.92 Å². The SMILES string of the molecule is CC(C)COC(=O)CN(C)C(=O)C(F)(F)C(F)(F)F. The summed E-state index contributed by atoms with van der Waals surface area (Å²) >= 11 is 0. The first-order chi connectivity index (χ1) is 8.39. The van der Waals surface area contributed by atoms with Crippen LogP contribution in [-0.2, 0) is 14.3 Å². The lowest BCUT2D eigenvalue weighted by molar-refractivity contribution is -0.274. The number of halogens is 5. The summed E-state index contributed by atoms with van der Waals surface area (Å²) in [5, 5.41) is 0. The largest absolute Gasteiger partial charge is 0.464 e. The van der Waals surface area contributed by atoms with E-state index in [-0.39, 0.29) is 17.4 Å². The van der Waals surface area contributed by atoms with Gasteiger partial charge >= 0.3 is 24.0 Å². The normalized spacial score (nSPS) is 12.5. The van der Waals surface area contributed by atoms with Crippen LogP contribution in [0.4, 0.5) is 22.0 Å². The number of hydrogen-bond donors (Lipinski definition) is 0. The minimum Gasteiger partial charge on any atom is -0.464 e. The van der Waals surface area contributed by atoms with Crippen molar-refractivity contribution >= 4 is 11.9 Å². The molecule has 0 bridgehead atoms. The Hall–Kier alpha value is -1.41. The van der Waals surface area contributed by atoms with E-state index in [1.165, 1.54) is 0 Å². The highest BCUT2D eigenvalue weighted by molar-refractivity contribution is 5.87. The highest BCUT2D eigenvalue weighted by Crippen LogP contribution is 2.36. The maximum absolute atomic E-state index is 12.7. The molecule has 0 N–H and O–H groups in total. The van der Waals surface area contributed by atoms with Crippen LogP contribution in [0.25, 0.3) is 0 Å². The fourth-order valence-electron chi connectivity index (χ4n) is 0.932. The topological polar surface area (TPSA) is 46.6 Å². The molecule has 0 saturated carbocycles. The molecule has 0 unspecified atom stereocenters. The third-order valence-electron chi connectivity index (χ3n) is 1.92. The van der Waals surface area contributed by atoms with Gasteiger partial charge in [-0.15, -0.1) is 0 Å². The minimum atomic E-state index is -6.00. The fraction of sp³-hybridized carbons (Fsp3) is 0.800. The molecule has 0 aromatic carbocycles. The summed E-state index contributed by atoms with van der Waals surface area (Å²) in [6.45, 7) is 2.42. The Kier molecular flexibility index (Phi) is 5.70. The van der Waals surface area contributed by atoms with Crippen molar-refractivity contribution in [3.63, 3.8) is 0 Å². The first-order valence-corrected chi connectivity index (χ1v) is 5.25. The van der Waals surface area contributed by atoms with E-state index in [4.69, 9.17) is 0 Å². The predicted molar refractivity (Wildman–Crippen MR) is 54.4 cm³/mol. The second kappa shape index (κ2) is 6.16. The molecule has 0 rings (SSSR count). The third kappa shape index (κ3) is 4.99. The lowest BCUT2D eigenvalue weighted by Gasteiger charge is -2.24. The molecular formula is C10H14F5NO3. The zero-order valence-electron chi connectivity index (χ0n) is 10.6. The summed E-state index contributed by atoms with van der Waals surface area (Å²) in [5.74, 6) is -9.11. The molecule has 0 saturated heterocycles. The molecule has 0 aliphatic carbocycles. The molecule has 0 radical (unpaired) electrons. The van der Waals surface area contributed by atoms with E-state index in [2.05, 4.69) is 4.74 Å². The van der Waals surface area contributed by atoms with Crippen molar-refractivity contribution in [3.05, 3.63) is 0 Å². The van der Waals surface area contributed by atoms with E-state index in [0.717, 1.165) is 0 Å². The number of amides is 1. The second-order valence-electron chi connectivity index (χ2n) is 4.31. The van der Waals surface area contributed by atoms with Gasteiger partial charge in [0.2, 0.25) is 0 Å². The van der Waals surface area contributed by atoms with Crippen molar-refractivity contribution < 1.29 is 36.3 Å². The molecule has 0 heterocycles. The first-order valence-electron chi connectivity index (χ1n) is 5.25. The number of alkyl halides is 5. The van der Waals surface area contributed by atoms with Crippen molar-refractivity contribution in [2.75, 3.05) is 20.2 Å². The van der Waals surface area contributed by atoms with Gasteiger partial charge in [0.05, 0.1) is 6.61 Å².